The summed E-state index contributed by atoms with van der Waals surface area (Å²) >= 11 is 0. The molecule has 1 aromatic heterocycles. The molecule has 0 saturated carbocycles. The smallest absolute Gasteiger partial charge is 0.141 e. The molecule has 0 atom stereocenters. The van der Waals surface area contributed by atoms with E-state index in [0.717, 1.165) is 17.7 Å². The van der Waals surface area contributed by atoms with Crippen molar-refractivity contribution in [3.8, 4) is 6.07 Å². The minimum atomic E-state index is -0.490. The number of benzene rings is 1. The lowest BCUT2D eigenvalue weighted by Gasteiger charge is -2.07. The second kappa shape index (κ2) is 8.54. The molecule has 0 unspecified atom stereocenters. The van der Waals surface area contributed by atoms with Crippen LogP contribution in [0.5, 0.6) is 0 Å². The maximum atomic E-state index is 13.5. The summed E-state index contributed by atoms with van der Waals surface area (Å²) in [6.45, 7) is 1.07. The molecule has 0 bridgehead atoms. The third-order valence-corrected chi connectivity index (χ3v) is 2.71. The lowest BCUT2D eigenvalue weighted by molar-refractivity contribution is 0.618. The van der Waals surface area contributed by atoms with E-state index in [9.17, 15) is 4.39 Å². The van der Waals surface area contributed by atoms with Gasteiger partial charge in [0.1, 0.15) is 11.9 Å². The van der Waals surface area contributed by atoms with Gasteiger partial charge in [0.2, 0.25) is 0 Å². The predicted octanol–water partition coefficient (Wildman–Crippen LogP) is 2.29. The van der Waals surface area contributed by atoms with Crippen LogP contribution in [0.2, 0.25) is 0 Å². The van der Waals surface area contributed by atoms with Gasteiger partial charge in [-0.15, -0.1) is 24.8 Å². The maximum Gasteiger partial charge on any atom is 0.141 e. The van der Waals surface area contributed by atoms with Crippen LogP contribution in [0.15, 0.2) is 30.7 Å². The Morgan fingerprint density at radius 3 is 2.70 bits per heavy atom. The molecule has 108 valence electrons. The van der Waals surface area contributed by atoms with E-state index < -0.39 is 5.82 Å². The van der Waals surface area contributed by atoms with Crippen molar-refractivity contribution in [2.75, 3.05) is 6.54 Å². The molecule has 1 heterocycles. The summed E-state index contributed by atoms with van der Waals surface area (Å²) in [5, 5.41) is 8.66. The van der Waals surface area contributed by atoms with Crippen LogP contribution in [0.4, 0.5) is 4.39 Å². The minimum Gasteiger partial charge on any atom is -0.330 e. The number of rotatable bonds is 4. The minimum absolute atomic E-state index is 0. The van der Waals surface area contributed by atoms with Gasteiger partial charge in [0.15, 0.2) is 0 Å². The van der Waals surface area contributed by atoms with Crippen molar-refractivity contribution >= 4 is 24.8 Å². The van der Waals surface area contributed by atoms with Crippen molar-refractivity contribution in [1.82, 2.24) is 9.55 Å². The second-order valence-electron chi connectivity index (χ2n) is 3.98. The number of aromatic nitrogens is 2. The molecule has 0 radical (unpaired) electrons. The first-order valence-electron chi connectivity index (χ1n) is 5.62. The summed E-state index contributed by atoms with van der Waals surface area (Å²) in [4.78, 5) is 4.05. The summed E-state index contributed by atoms with van der Waals surface area (Å²) in [5.74, 6) is -0.490. The zero-order valence-corrected chi connectivity index (χ0v) is 12.3. The van der Waals surface area contributed by atoms with Gasteiger partial charge < -0.3 is 10.3 Å². The van der Waals surface area contributed by atoms with Crippen LogP contribution < -0.4 is 5.73 Å². The zero-order chi connectivity index (χ0) is 13.0. The lowest BCUT2D eigenvalue weighted by Crippen LogP contribution is -2.09. The first-order chi connectivity index (χ1) is 8.74. The van der Waals surface area contributed by atoms with Crippen LogP contribution in [0.3, 0.4) is 0 Å². The third kappa shape index (κ3) is 4.20. The summed E-state index contributed by atoms with van der Waals surface area (Å²) in [5.41, 5.74) is 7.38. The van der Waals surface area contributed by atoms with Crippen molar-refractivity contribution in [2.45, 2.75) is 13.0 Å². The summed E-state index contributed by atoms with van der Waals surface area (Å²) in [6, 6.07) is 6.42. The van der Waals surface area contributed by atoms with Crippen molar-refractivity contribution in [2.24, 2.45) is 5.73 Å². The number of nitriles is 1. The Bertz CT molecular complexity index is 592. The first-order valence-corrected chi connectivity index (χ1v) is 5.62. The number of hydrogen-bond acceptors (Lipinski definition) is 3. The van der Waals surface area contributed by atoms with E-state index in [1.165, 1.54) is 12.1 Å². The molecule has 0 aliphatic heterocycles. The maximum absolute atomic E-state index is 13.5. The van der Waals surface area contributed by atoms with Gasteiger partial charge in [-0.3, -0.25) is 0 Å². The molecule has 20 heavy (non-hydrogen) atoms. The van der Waals surface area contributed by atoms with Crippen LogP contribution in [0.25, 0.3) is 0 Å². The van der Waals surface area contributed by atoms with E-state index in [0.29, 0.717) is 13.1 Å². The van der Waals surface area contributed by atoms with E-state index >= 15 is 0 Å². The number of halogens is 3. The highest BCUT2D eigenvalue weighted by atomic mass is 35.5. The molecule has 1 aromatic carbocycles. The van der Waals surface area contributed by atoms with Crippen molar-refractivity contribution in [3.63, 3.8) is 0 Å². The average molecular weight is 317 g/mol. The average Bonchev–Trinajstić information content (AvgIpc) is 2.78. The molecule has 0 spiro atoms. The van der Waals surface area contributed by atoms with E-state index in [-0.39, 0.29) is 30.4 Å². The van der Waals surface area contributed by atoms with Crippen molar-refractivity contribution < 1.29 is 4.39 Å². The summed E-state index contributed by atoms with van der Waals surface area (Å²) < 4.78 is 15.4. The summed E-state index contributed by atoms with van der Waals surface area (Å²) in [7, 11) is 0. The van der Waals surface area contributed by atoms with Crippen LogP contribution in [0, 0.1) is 17.1 Å². The monoisotopic (exact) mass is 316 g/mol. The van der Waals surface area contributed by atoms with Crippen molar-refractivity contribution in [3.05, 3.63) is 53.4 Å². The Hall–Kier alpha value is -1.61. The van der Waals surface area contributed by atoms with Crippen LogP contribution in [-0.2, 0) is 13.0 Å². The van der Waals surface area contributed by atoms with Crippen LogP contribution in [-0.4, -0.2) is 16.1 Å². The Balaban J connectivity index is 0.00000180. The number of nitrogens with two attached hydrogens (primary N) is 1. The second-order valence-corrected chi connectivity index (χ2v) is 3.98. The van der Waals surface area contributed by atoms with Crippen LogP contribution >= 0.6 is 24.8 Å². The van der Waals surface area contributed by atoms with Gasteiger partial charge in [-0.1, -0.05) is 6.07 Å². The highest BCUT2D eigenvalue weighted by Crippen LogP contribution is 2.12. The quantitative estimate of drug-likeness (QED) is 0.941. The first kappa shape index (κ1) is 18.4. The standard InChI is InChI=1S/C13H13FN4.2ClH/c14-13-5-10(1-2-11(13)6-16)8-18-9-17-7-12(18)3-4-15;;/h1-2,5,7,9H,3-4,8,15H2;2*1H. The van der Waals surface area contributed by atoms with E-state index in [1.54, 1.807) is 24.7 Å². The number of nitrogens with zero attached hydrogens (tertiary/aromatic N) is 3. The Labute approximate surface area is 129 Å². The van der Waals surface area contributed by atoms with Gasteiger partial charge >= 0.3 is 0 Å². The Kier molecular flexibility index (Phi) is 7.85. The molecule has 2 N–H and O–H groups in total. The van der Waals surface area contributed by atoms with Gasteiger partial charge in [0, 0.05) is 24.9 Å². The highest BCUT2D eigenvalue weighted by molar-refractivity contribution is 5.85. The van der Waals surface area contributed by atoms with Gasteiger partial charge in [-0.05, 0) is 24.2 Å². The molecule has 0 amide bonds. The molecule has 0 aliphatic carbocycles. The fourth-order valence-electron chi connectivity index (χ4n) is 1.79. The van der Waals surface area contributed by atoms with Gasteiger partial charge in [-0.2, -0.15) is 5.26 Å². The third-order valence-electron chi connectivity index (χ3n) is 2.71. The number of hydrogen-bond donors (Lipinski definition) is 1. The van der Waals surface area contributed by atoms with Crippen LogP contribution in [0.1, 0.15) is 16.8 Å². The molecule has 2 aromatic rings. The summed E-state index contributed by atoms with van der Waals surface area (Å²) in [6.07, 6.45) is 4.19. The normalized spacial score (nSPS) is 9.25. The Morgan fingerprint density at radius 2 is 2.10 bits per heavy atom. The highest BCUT2D eigenvalue weighted by Gasteiger charge is 2.05. The molecule has 0 aliphatic rings. The van der Waals surface area contributed by atoms with Crippen molar-refractivity contribution in [1.29, 1.82) is 5.26 Å². The SMILES string of the molecule is Cl.Cl.N#Cc1ccc(Cn2cncc2CCN)cc1F. The topological polar surface area (TPSA) is 67.6 Å². The van der Waals surface area contributed by atoms with Gasteiger partial charge in [0.05, 0.1) is 11.9 Å². The zero-order valence-electron chi connectivity index (χ0n) is 10.6. The molecular formula is C13H15Cl2FN4. The predicted molar refractivity (Wildman–Crippen MR) is 79.7 cm³/mol. The molecule has 4 nitrogen and oxygen atoms in total. The fourth-order valence-corrected chi connectivity index (χ4v) is 1.79. The molecule has 7 heteroatoms. The molecule has 2 rings (SSSR count). The van der Waals surface area contributed by atoms with E-state index in [2.05, 4.69) is 4.98 Å². The van der Waals surface area contributed by atoms with Gasteiger partial charge in [0.25, 0.3) is 0 Å². The molecule has 0 saturated heterocycles. The van der Waals surface area contributed by atoms with Gasteiger partial charge in [-0.25, -0.2) is 9.37 Å². The molecular weight excluding hydrogens is 302 g/mol. The van der Waals surface area contributed by atoms with E-state index in [4.69, 9.17) is 11.0 Å². The largest absolute Gasteiger partial charge is 0.330 e. The number of imidazole rings is 1. The fraction of sp³-hybridized carbons (Fsp3) is 0.231. The van der Waals surface area contributed by atoms with E-state index in [1.807, 2.05) is 4.57 Å². The Morgan fingerprint density at radius 1 is 1.35 bits per heavy atom. The molecule has 0 fully saturated rings. The lowest BCUT2D eigenvalue weighted by atomic mass is 10.1.